The van der Waals surface area contributed by atoms with Crippen LogP contribution in [0, 0.1) is 5.82 Å². The zero-order chi connectivity index (χ0) is 19.3. The fourth-order valence-electron chi connectivity index (χ4n) is 3.40. The van der Waals surface area contributed by atoms with Crippen molar-refractivity contribution in [1.29, 1.82) is 0 Å². The Morgan fingerprint density at radius 1 is 1.22 bits per heavy atom. The molecule has 0 saturated carbocycles. The van der Waals surface area contributed by atoms with Gasteiger partial charge in [-0.3, -0.25) is 4.79 Å². The quantitative estimate of drug-likeness (QED) is 0.570. The van der Waals surface area contributed by atoms with Crippen molar-refractivity contribution in [2.75, 3.05) is 6.54 Å². The van der Waals surface area contributed by atoms with Gasteiger partial charge in [-0.2, -0.15) is 18.3 Å². The van der Waals surface area contributed by atoms with Gasteiger partial charge in [0.05, 0.1) is 10.5 Å². The van der Waals surface area contributed by atoms with Crippen LogP contribution in [0.5, 0.6) is 0 Å². The van der Waals surface area contributed by atoms with E-state index < -0.39 is 29.5 Å². The van der Waals surface area contributed by atoms with E-state index in [1.54, 1.807) is 12.1 Å². The van der Waals surface area contributed by atoms with Gasteiger partial charge in [0.15, 0.2) is 11.7 Å². The maximum Gasteiger partial charge on any atom is 0.413 e. The number of halogens is 5. The first-order valence-corrected chi connectivity index (χ1v) is 8.43. The molecule has 3 aromatic rings. The van der Waals surface area contributed by atoms with Crippen LogP contribution in [-0.4, -0.2) is 33.1 Å². The number of pyridine rings is 1. The van der Waals surface area contributed by atoms with Gasteiger partial charge in [-0.1, -0.05) is 23.7 Å². The molecule has 0 bridgehead atoms. The molecule has 1 aromatic carbocycles. The van der Waals surface area contributed by atoms with Gasteiger partial charge >= 0.3 is 6.18 Å². The second kappa shape index (κ2) is 6.23. The Bertz CT molecular complexity index is 1050. The highest BCUT2D eigenvalue weighted by atomic mass is 35.5. The number of benzene rings is 1. The summed E-state index contributed by atoms with van der Waals surface area (Å²) in [4.78, 5) is 13.5. The fourth-order valence-corrected chi connectivity index (χ4v) is 3.56. The maximum absolute atomic E-state index is 14.2. The smallest absolute Gasteiger partial charge is 0.321 e. The molecule has 1 aliphatic heterocycles. The molecule has 1 atom stereocenters. The van der Waals surface area contributed by atoms with E-state index >= 15 is 0 Å². The summed E-state index contributed by atoms with van der Waals surface area (Å²) in [5.41, 5.74) is 0.0979. The largest absolute Gasteiger partial charge is 0.413 e. The normalized spacial score (nSPS) is 17.2. The van der Waals surface area contributed by atoms with Gasteiger partial charge in [-0.25, -0.2) is 8.91 Å². The molecule has 0 saturated heterocycles. The molecule has 0 radical (unpaired) electrons. The highest BCUT2D eigenvalue weighted by molar-refractivity contribution is 6.30. The van der Waals surface area contributed by atoms with E-state index in [9.17, 15) is 22.4 Å². The van der Waals surface area contributed by atoms with Gasteiger partial charge in [-0.15, -0.1) is 0 Å². The number of fused-ring (bicyclic) bond motifs is 2. The van der Waals surface area contributed by atoms with Crippen molar-refractivity contribution in [2.45, 2.75) is 18.6 Å². The van der Waals surface area contributed by atoms with Crippen LogP contribution >= 0.6 is 11.6 Å². The van der Waals surface area contributed by atoms with Crippen LogP contribution < -0.4 is 0 Å². The topological polar surface area (TPSA) is 37.6 Å². The first kappa shape index (κ1) is 17.8. The van der Waals surface area contributed by atoms with Crippen LogP contribution in [0.1, 0.15) is 27.7 Å². The molecule has 3 heterocycles. The molecular formula is C18H12ClF4N3O. The molecular weight excluding hydrogens is 386 g/mol. The molecule has 1 amide bonds. The standard InChI is InChI=1S/C18H12ClF4N3O/c19-11-4-5-12-8-14(24-26(12)9-11)17(27)25-7-6-10-2-1-3-13(20)15(10)16(25)18(21,22)23/h1-5,8-9,16H,6-7H2. The molecule has 4 rings (SSSR count). The van der Waals surface area contributed by atoms with E-state index in [2.05, 4.69) is 5.10 Å². The number of nitrogens with zero attached hydrogens (tertiary/aromatic N) is 3. The third-order valence-electron chi connectivity index (χ3n) is 4.56. The fraction of sp³-hybridized carbons (Fsp3) is 0.222. The van der Waals surface area contributed by atoms with Crippen LogP contribution in [0.25, 0.3) is 5.52 Å². The van der Waals surface area contributed by atoms with E-state index in [1.165, 1.54) is 28.9 Å². The van der Waals surface area contributed by atoms with Crippen molar-refractivity contribution in [3.63, 3.8) is 0 Å². The lowest BCUT2D eigenvalue weighted by Gasteiger charge is -2.38. The molecule has 2 aromatic heterocycles. The van der Waals surface area contributed by atoms with E-state index in [0.717, 1.165) is 6.07 Å². The Morgan fingerprint density at radius 2 is 2.00 bits per heavy atom. The summed E-state index contributed by atoms with van der Waals surface area (Å²) in [7, 11) is 0. The molecule has 0 N–H and O–H groups in total. The summed E-state index contributed by atoms with van der Waals surface area (Å²) in [6, 6.07) is 5.98. The zero-order valence-corrected chi connectivity index (χ0v) is 14.4. The van der Waals surface area contributed by atoms with Gasteiger partial charge < -0.3 is 4.90 Å². The first-order valence-electron chi connectivity index (χ1n) is 8.05. The van der Waals surface area contributed by atoms with Gasteiger partial charge in [0.25, 0.3) is 5.91 Å². The SMILES string of the molecule is O=C(c1cc2ccc(Cl)cn2n1)N1CCc2cccc(F)c2C1C(F)(F)F. The number of hydrogen-bond donors (Lipinski definition) is 0. The first-order chi connectivity index (χ1) is 12.8. The second-order valence-corrected chi connectivity index (χ2v) is 6.69. The minimum atomic E-state index is -4.82. The predicted molar refractivity (Wildman–Crippen MR) is 90.1 cm³/mol. The lowest BCUT2D eigenvalue weighted by molar-refractivity contribution is -0.182. The van der Waals surface area contributed by atoms with Crippen LogP contribution in [-0.2, 0) is 6.42 Å². The van der Waals surface area contributed by atoms with Gasteiger partial charge in [-0.05, 0) is 36.2 Å². The Morgan fingerprint density at radius 3 is 2.74 bits per heavy atom. The third-order valence-corrected chi connectivity index (χ3v) is 4.79. The monoisotopic (exact) mass is 397 g/mol. The van der Waals surface area contributed by atoms with E-state index in [1.807, 2.05) is 0 Å². The van der Waals surface area contributed by atoms with Crippen molar-refractivity contribution in [2.24, 2.45) is 0 Å². The summed E-state index contributed by atoms with van der Waals surface area (Å²) < 4.78 is 56.9. The maximum atomic E-state index is 14.2. The molecule has 0 aliphatic carbocycles. The molecule has 1 aliphatic rings. The molecule has 1 unspecified atom stereocenters. The Balaban J connectivity index is 1.79. The average Bonchev–Trinajstić information content (AvgIpc) is 3.02. The van der Waals surface area contributed by atoms with Crippen molar-refractivity contribution >= 4 is 23.0 Å². The number of rotatable bonds is 1. The molecule has 4 nitrogen and oxygen atoms in total. The van der Waals surface area contributed by atoms with Crippen molar-refractivity contribution < 1.29 is 22.4 Å². The van der Waals surface area contributed by atoms with Crippen LogP contribution in [0.15, 0.2) is 42.6 Å². The highest BCUT2D eigenvalue weighted by Gasteiger charge is 2.50. The van der Waals surface area contributed by atoms with Crippen LogP contribution in [0.4, 0.5) is 17.6 Å². The van der Waals surface area contributed by atoms with E-state index in [-0.39, 0.29) is 24.2 Å². The summed E-state index contributed by atoms with van der Waals surface area (Å²) in [5.74, 6) is -1.89. The average molecular weight is 398 g/mol. The highest BCUT2D eigenvalue weighted by Crippen LogP contribution is 2.43. The molecule has 0 spiro atoms. The van der Waals surface area contributed by atoms with E-state index in [4.69, 9.17) is 11.6 Å². The van der Waals surface area contributed by atoms with Crippen molar-refractivity contribution in [3.8, 4) is 0 Å². The lowest BCUT2D eigenvalue weighted by Crippen LogP contribution is -2.47. The number of alkyl halides is 3. The second-order valence-electron chi connectivity index (χ2n) is 6.25. The van der Waals surface area contributed by atoms with Crippen molar-refractivity contribution in [1.82, 2.24) is 14.5 Å². The minimum Gasteiger partial charge on any atom is -0.321 e. The lowest BCUT2D eigenvalue weighted by atomic mass is 9.91. The summed E-state index contributed by atoms with van der Waals surface area (Å²) in [5, 5.41) is 4.39. The Labute approximate surface area is 156 Å². The zero-order valence-electron chi connectivity index (χ0n) is 13.7. The number of carbonyl (C=O) groups is 1. The minimum absolute atomic E-state index is 0.130. The van der Waals surface area contributed by atoms with Crippen LogP contribution in [0.3, 0.4) is 0 Å². The Hall–Kier alpha value is -2.61. The molecule has 9 heteroatoms. The van der Waals surface area contributed by atoms with Gasteiger partial charge in [0, 0.05) is 18.3 Å². The summed E-state index contributed by atoms with van der Waals surface area (Å²) >= 11 is 5.87. The number of hydrogen-bond acceptors (Lipinski definition) is 2. The third kappa shape index (κ3) is 3.03. The number of carbonyl (C=O) groups excluding carboxylic acids is 1. The van der Waals surface area contributed by atoms with Crippen molar-refractivity contribution in [3.05, 3.63) is 70.3 Å². The summed E-state index contributed by atoms with van der Waals surface area (Å²) in [6.45, 7) is -0.186. The number of amides is 1. The van der Waals surface area contributed by atoms with Gasteiger partial charge in [0.2, 0.25) is 0 Å². The Kier molecular flexibility index (Phi) is 4.10. The molecule has 140 valence electrons. The van der Waals surface area contributed by atoms with Crippen LogP contribution in [0.2, 0.25) is 5.02 Å². The molecule has 0 fully saturated rings. The predicted octanol–water partition coefficient (Wildman–Crippen LogP) is 4.43. The molecule has 27 heavy (non-hydrogen) atoms. The summed E-state index contributed by atoms with van der Waals surface area (Å²) in [6.07, 6.45) is -3.25. The van der Waals surface area contributed by atoms with E-state index in [0.29, 0.717) is 15.4 Å². The van der Waals surface area contributed by atoms with Gasteiger partial charge in [0.1, 0.15) is 5.82 Å². The number of aromatic nitrogens is 2.